The predicted octanol–water partition coefficient (Wildman–Crippen LogP) is 5.24. The van der Waals surface area contributed by atoms with Crippen molar-refractivity contribution in [2.45, 2.75) is 46.1 Å². The zero-order valence-corrected chi connectivity index (χ0v) is 24.1. The summed E-state index contributed by atoms with van der Waals surface area (Å²) in [5, 5.41) is 11.8. The summed E-state index contributed by atoms with van der Waals surface area (Å²) in [6, 6.07) is 3.42. The fourth-order valence-electron chi connectivity index (χ4n) is 4.03. The van der Waals surface area contributed by atoms with Crippen molar-refractivity contribution in [1.82, 2.24) is 25.1 Å². The molecule has 0 aliphatic carbocycles. The number of carbonyl (C=O) groups is 2. The molecular formula is C26H31ClN6O5S. The molecule has 1 saturated heterocycles. The van der Waals surface area contributed by atoms with Crippen molar-refractivity contribution >= 4 is 40.1 Å². The summed E-state index contributed by atoms with van der Waals surface area (Å²) in [7, 11) is 1.52. The molecule has 11 nitrogen and oxygen atoms in total. The van der Waals surface area contributed by atoms with Gasteiger partial charge in [-0.05, 0) is 69.9 Å². The fraction of sp³-hybridized carbons (Fsp3) is 0.462. The normalized spacial score (nSPS) is 14.2. The van der Waals surface area contributed by atoms with Crippen LogP contribution in [-0.4, -0.2) is 69.5 Å². The predicted molar refractivity (Wildman–Crippen MR) is 148 cm³/mol. The number of halogens is 1. The summed E-state index contributed by atoms with van der Waals surface area (Å²) in [5.41, 5.74) is 1.74. The Kier molecular flexibility index (Phi) is 8.86. The van der Waals surface area contributed by atoms with E-state index in [1.54, 1.807) is 17.0 Å². The van der Waals surface area contributed by atoms with Gasteiger partial charge in [-0.1, -0.05) is 16.7 Å². The molecule has 0 radical (unpaired) electrons. The maximum atomic E-state index is 13.2. The van der Waals surface area contributed by atoms with E-state index in [-0.39, 0.29) is 17.2 Å². The van der Waals surface area contributed by atoms with E-state index in [1.807, 2.05) is 27.7 Å². The van der Waals surface area contributed by atoms with Gasteiger partial charge in [-0.25, -0.2) is 9.78 Å². The van der Waals surface area contributed by atoms with Crippen molar-refractivity contribution < 1.29 is 23.8 Å². The van der Waals surface area contributed by atoms with Gasteiger partial charge in [0, 0.05) is 36.1 Å². The number of nitrogens with one attached hydrogen (secondary N) is 1. The Labute approximate surface area is 235 Å². The Balaban J connectivity index is 1.36. The van der Waals surface area contributed by atoms with Crippen LogP contribution in [0, 0.1) is 12.8 Å². The SMILES string of the molecule is COc1cnc(Cl)cc1-c1cc(C)ncc1C(=O)Nc1nnc(OCC2CCN(C(=O)OC(C)(C)C)CC2)s1. The average Bonchev–Trinajstić information content (AvgIpc) is 3.33. The highest BCUT2D eigenvalue weighted by molar-refractivity contribution is 7.17. The van der Waals surface area contributed by atoms with E-state index in [9.17, 15) is 9.59 Å². The van der Waals surface area contributed by atoms with Gasteiger partial charge in [-0.2, -0.15) is 0 Å². The minimum Gasteiger partial charge on any atom is -0.494 e. The molecule has 39 heavy (non-hydrogen) atoms. The zero-order chi connectivity index (χ0) is 28.2. The lowest BCUT2D eigenvalue weighted by Crippen LogP contribution is -2.42. The van der Waals surface area contributed by atoms with Crippen LogP contribution in [0.3, 0.4) is 0 Å². The van der Waals surface area contributed by atoms with Gasteiger partial charge in [0.2, 0.25) is 5.13 Å². The molecule has 1 aliphatic rings. The van der Waals surface area contributed by atoms with Gasteiger partial charge < -0.3 is 19.1 Å². The van der Waals surface area contributed by atoms with Gasteiger partial charge in [0.05, 0.1) is 25.5 Å². The minimum absolute atomic E-state index is 0.271. The maximum Gasteiger partial charge on any atom is 0.410 e. The summed E-state index contributed by atoms with van der Waals surface area (Å²) in [4.78, 5) is 35.5. The van der Waals surface area contributed by atoms with Crippen LogP contribution in [0.25, 0.3) is 11.1 Å². The van der Waals surface area contributed by atoms with E-state index < -0.39 is 11.5 Å². The molecule has 0 atom stereocenters. The van der Waals surface area contributed by atoms with Crippen molar-refractivity contribution in [3.63, 3.8) is 0 Å². The quantitative estimate of drug-likeness (QED) is 0.376. The van der Waals surface area contributed by atoms with Crippen LogP contribution in [0.5, 0.6) is 10.9 Å². The molecular weight excluding hydrogens is 544 g/mol. The lowest BCUT2D eigenvalue weighted by Gasteiger charge is -2.33. The molecule has 0 bridgehead atoms. The highest BCUT2D eigenvalue weighted by Crippen LogP contribution is 2.34. The Morgan fingerprint density at radius 1 is 1.13 bits per heavy atom. The summed E-state index contributed by atoms with van der Waals surface area (Å²) in [6.07, 6.45) is 4.31. The summed E-state index contributed by atoms with van der Waals surface area (Å²) in [6.45, 7) is 9.07. The Morgan fingerprint density at radius 2 is 1.87 bits per heavy atom. The van der Waals surface area contributed by atoms with E-state index in [0.717, 1.165) is 29.9 Å². The molecule has 1 N–H and O–H groups in total. The number of pyridine rings is 2. The highest BCUT2D eigenvalue weighted by atomic mass is 35.5. The van der Waals surface area contributed by atoms with Gasteiger partial charge in [-0.3, -0.25) is 15.1 Å². The second-order valence-electron chi connectivity index (χ2n) is 10.1. The molecule has 13 heteroatoms. The number of amides is 2. The zero-order valence-electron chi connectivity index (χ0n) is 22.5. The number of likely N-dealkylation sites (tertiary alicyclic amines) is 1. The standard InChI is InChI=1S/C26H31ClN6O5S/c1-15-10-17(18-11-21(27)29-13-20(18)36-5)19(12-28-15)22(34)30-23-31-32-24(39-23)37-14-16-6-8-33(9-7-16)25(35)38-26(2,3)4/h10-13,16H,6-9,14H2,1-5H3,(H,30,31,34). The molecule has 0 unspecified atom stereocenters. The van der Waals surface area contributed by atoms with Crippen LogP contribution < -0.4 is 14.8 Å². The van der Waals surface area contributed by atoms with Gasteiger partial charge in [0.15, 0.2) is 0 Å². The topological polar surface area (TPSA) is 129 Å². The second kappa shape index (κ2) is 12.1. The van der Waals surface area contributed by atoms with Gasteiger partial charge in [-0.15, -0.1) is 5.10 Å². The van der Waals surface area contributed by atoms with Crippen molar-refractivity contribution in [2.75, 3.05) is 32.1 Å². The van der Waals surface area contributed by atoms with Gasteiger partial charge in [0.25, 0.3) is 11.1 Å². The van der Waals surface area contributed by atoms with E-state index in [1.165, 1.54) is 19.5 Å². The Morgan fingerprint density at radius 3 is 2.56 bits per heavy atom. The molecule has 4 heterocycles. The number of aromatic nitrogens is 4. The van der Waals surface area contributed by atoms with Gasteiger partial charge >= 0.3 is 6.09 Å². The average molecular weight is 575 g/mol. The van der Waals surface area contributed by atoms with Crippen molar-refractivity contribution in [3.8, 4) is 22.1 Å². The first-order valence-corrected chi connectivity index (χ1v) is 13.6. The fourth-order valence-corrected chi connectivity index (χ4v) is 4.79. The summed E-state index contributed by atoms with van der Waals surface area (Å²) in [5.74, 6) is 0.335. The number of carbonyl (C=O) groups excluding carboxylic acids is 2. The number of piperidine rings is 1. The lowest BCUT2D eigenvalue weighted by atomic mass is 9.98. The maximum absolute atomic E-state index is 13.2. The van der Waals surface area contributed by atoms with Crippen molar-refractivity contribution in [1.29, 1.82) is 0 Å². The number of rotatable bonds is 7. The first kappa shape index (κ1) is 28.5. The van der Waals surface area contributed by atoms with Gasteiger partial charge in [0.1, 0.15) is 16.5 Å². The second-order valence-corrected chi connectivity index (χ2v) is 11.5. The lowest BCUT2D eigenvalue weighted by molar-refractivity contribution is 0.0164. The van der Waals surface area contributed by atoms with E-state index >= 15 is 0 Å². The van der Waals surface area contributed by atoms with Crippen molar-refractivity contribution in [3.05, 3.63) is 40.9 Å². The Hall–Kier alpha value is -3.51. The molecule has 0 spiro atoms. The monoisotopic (exact) mass is 574 g/mol. The van der Waals surface area contributed by atoms with E-state index in [2.05, 4.69) is 25.5 Å². The third-order valence-electron chi connectivity index (χ3n) is 5.97. The molecule has 1 aliphatic heterocycles. The smallest absolute Gasteiger partial charge is 0.410 e. The van der Waals surface area contributed by atoms with Crippen LogP contribution in [0.2, 0.25) is 5.15 Å². The Bertz CT molecular complexity index is 1340. The molecule has 208 valence electrons. The summed E-state index contributed by atoms with van der Waals surface area (Å²) >= 11 is 7.26. The highest BCUT2D eigenvalue weighted by Gasteiger charge is 2.27. The number of hydrogen-bond acceptors (Lipinski definition) is 10. The summed E-state index contributed by atoms with van der Waals surface area (Å²) < 4.78 is 16.7. The van der Waals surface area contributed by atoms with Crippen LogP contribution in [0.1, 0.15) is 49.7 Å². The first-order chi connectivity index (χ1) is 18.5. The molecule has 4 rings (SSSR count). The molecule has 3 aromatic rings. The largest absolute Gasteiger partial charge is 0.494 e. The third kappa shape index (κ3) is 7.54. The van der Waals surface area contributed by atoms with Crippen LogP contribution in [0.4, 0.5) is 9.93 Å². The number of anilines is 1. The third-order valence-corrected chi connectivity index (χ3v) is 6.92. The molecule has 0 aromatic carbocycles. The minimum atomic E-state index is -0.515. The van der Waals surface area contributed by atoms with Crippen LogP contribution in [0.15, 0.2) is 24.5 Å². The first-order valence-electron chi connectivity index (χ1n) is 12.4. The number of methoxy groups -OCH3 is 1. The van der Waals surface area contributed by atoms with E-state index in [4.69, 9.17) is 25.8 Å². The number of aryl methyl sites for hydroxylation is 1. The number of hydrogen-bond donors (Lipinski definition) is 1. The number of ether oxygens (including phenoxy) is 3. The molecule has 0 saturated carbocycles. The molecule has 1 fully saturated rings. The van der Waals surface area contributed by atoms with Crippen LogP contribution in [-0.2, 0) is 4.74 Å². The molecule has 3 aromatic heterocycles. The van der Waals surface area contributed by atoms with Crippen molar-refractivity contribution in [2.24, 2.45) is 5.92 Å². The van der Waals surface area contributed by atoms with E-state index in [0.29, 0.717) is 52.5 Å². The van der Waals surface area contributed by atoms with Crippen LogP contribution >= 0.6 is 22.9 Å². The molecule has 2 amide bonds. The number of nitrogens with zero attached hydrogens (tertiary/aromatic N) is 5.